The number of alkyl halides is 2. The van der Waals surface area contributed by atoms with Crippen molar-refractivity contribution in [2.24, 2.45) is 7.05 Å². The normalized spacial score (nSPS) is 11.6. The Balaban J connectivity index is 2.21. The third kappa shape index (κ3) is 1.81. The molecular formula is C11H9F2N5O. The highest BCUT2D eigenvalue weighted by Crippen LogP contribution is 2.30. The summed E-state index contributed by atoms with van der Waals surface area (Å²) < 4.78 is 28.2. The van der Waals surface area contributed by atoms with Crippen molar-refractivity contribution in [3.8, 4) is 17.1 Å². The van der Waals surface area contributed by atoms with Crippen molar-refractivity contribution in [3.63, 3.8) is 0 Å². The summed E-state index contributed by atoms with van der Waals surface area (Å²) in [4.78, 5) is 3.91. The molecule has 1 N–H and O–H groups in total. The first kappa shape index (κ1) is 11.6. The Hall–Kier alpha value is -2.51. The Morgan fingerprint density at radius 3 is 2.63 bits per heavy atom. The topological polar surface area (TPSA) is 68.2 Å². The van der Waals surface area contributed by atoms with Crippen molar-refractivity contribution in [1.82, 2.24) is 24.4 Å². The first-order valence-corrected chi connectivity index (χ1v) is 5.40. The highest BCUT2D eigenvalue weighted by atomic mass is 19.3. The van der Waals surface area contributed by atoms with Crippen LogP contribution in [0.4, 0.5) is 8.78 Å². The van der Waals surface area contributed by atoms with Gasteiger partial charge in [-0.05, 0) is 0 Å². The van der Waals surface area contributed by atoms with E-state index >= 15 is 0 Å². The van der Waals surface area contributed by atoms with Gasteiger partial charge in [-0.1, -0.05) is 0 Å². The van der Waals surface area contributed by atoms with Crippen molar-refractivity contribution in [2.75, 3.05) is 0 Å². The summed E-state index contributed by atoms with van der Waals surface area (Å²) in [5, 5.41) is 17.6. The van der Waals surface area contributed by atoms with E-state index in [0.29, 0.717) is 11.3 Å². The van der Waals surface area contributed by atoms with Crippen LogP contribution in [-0.2, 0) is 7.05 Å². The SMILES string of the molecule is Cn1cc(-c2cn3ncc(C(F)F)c3c(O)n2)cn1. The quantitative estimate of drug-likeness (QED) is 0.766. The summed E-state index contributed by atoms with van der Waals surface area (Å²) in [5.41, 5.74) is 0.640. The van der Waals surface area contributed by atoms with Crippen LogP contribution in [0, 0.1) is 0 Å². The van der Waals surface area contributed by atoms with Crippen molar-refractivity contribution < 1.29 is 13.9 Å². The first-order chi connectivity index (χ1) is 9.06. The van der Waals surface area contributed by atoms with Gasteiger partial charge in [0, 0.05) is 18.8 Å². The van der Waals surface area contributed by atoms with Crippen LogP contribution in [0.15, 0.2) is 24.8 Å². The molecule has 3 aromatic rings. The van der Waals surface area contributed by atoms with E-state index in [1.54, 1.807) is 24.1 Å². The molecule has 0 aliphatic rings. The number of hydrogen-bond acceptors (Lipinski definition) is 4. The fourth-order valence-corrected chi connectivity index (χ4v) is 1.87. The number of fused-ring (bicyclic) bond motifs is 1. The summed E-state index contributed by atoms with van der Waals surface area (Å²) in [6, 6.07) is 0. The molecule has 0 atom stereocenters. The molecule has 6 nitrogen and oxygen atoms in total. The van der Waals surface area contributed by atoms with Crippen molar-refractivity contribution >= 4 is 5.52 Å². The molecule has 3 rings (SSSR count). The van der Waals surface area contributed by atoms with Crippen LogP contribution in [0.25, 0.3) is 16.8 Å². The summed E-state index contributed by atoms with van der Waals surface area (Å²) in [6.07, 6.45) is 3.04. The molecule has 0 radical (unpaired) electrons. The lowest BCUT2D eigenvalue weighted by Gasteiger charge is -2.03. The zero-order valence-electron chi connectivity index (χ0n) is 9.83. The van der Waals surface area contributed by atoms with E-state index in [1.165, 1.54) is 10.7 Å². The Bertz CT molecular complexity index is 749. The highest BCUT2D eigenvalue weighted by Gasteiger charge is 2.19. The number of nitrogens with zero attached hydrogens (tertiary/aromatic N) is 5. The summed E-state index contributed by atoms with van der Waals surface area (Å²) in [5.74, 6) is -0.478. The third-order valence-corrected chi connectivity index (χ3v) is 2.74. The molecule has 0 aliphatic carbocycles. The molecule has 3 heterocycles. The van der Waals surface area contributed by atoms with E-state index in [0.717, 1.165) is 6.20 Å². The van der Waals surface area contributed by atoms with E-state index in [9.17, 15) is 13.9 Å². The minimum Gasteiger partial charge on any atom is -0.492 e. The standard InChI is InChI=1S/C11H9F2N5O/c1-17-4-6(2-14-17)8-5-18-9(11(19)16-8)7(3-15-18)10(12)13/h2-5,10H,1H3,(H,16,19). The largest absolute Gasteiger partial charge is 0.492 e. The molecule has 98 valence electrons. The predicted octanol–water partition coefficient (Wildman–Crippen LogP) is 1.77. The maximum absolute atomic E-state index is 12.7. The van der Waals surface area contributed by atoms with Crippen LogP contribution < -0.4 is 0 Å². The van der Waals surface area contributed by atoms with Gasteiger partial charge in [-0.15, -0.1) is 0 Å². The summed E-state index contributed by atoms with van der Waals surface area (Å²) >= 11 is 0. The second-order valence-corrected chi connectivity index (χ2v) is 4.05. The number of aromatic nitrogens is 5. The first-order valence-electron chi connectivity index (χ1n) is 5.40. The van der Waals surface area contributed by atoms with Crippen molar-refractivity contribution in [2.45, 2.75) is 6.43 Å². The van der Waals surface area contributed by atoms with Crippen molar-refractivity contribution in [1.29, 1.82) is 0 Å². The molecule has 0 saturated carbocycles. The number of rotatable bonds is 2. The lowest BCUT2D eigenvalue weighted by molar-refractivity contribution is 0.153. The Morgan fingerprint density at radius 2 is 2.00 bits per heavy atom. The molecule has 0 unspecified atom stereocenters. The monoisotopic (exact) mass is 265 g/mol. The summed E-state index contributed by atoms with van der Waals surface area (Å²) in [6.45, 7) is 0. The summed E-state index contributed by atoms with van der Waals surface area (Å²) in [7, 11) is 1.74. The zero-order chi connectivity index (χ0) is 13.6. The van der Waals surface area contributed by atoms with Gasteiger partial charge in [-0.25, -0.2) is 18.3 Å². The molecule has 0 amide bonds. The van der Waals surface area contributed by atoms with Gasteiger partial charge in [0.15, 0.2) is 0 Å². The van der Waals surface area contributed by atoms with Gasteiger partial charge in [0.1, 0.15) is 5.52 Å². The molecule has 0 bridgehead atoms. The van der Waals surface area contributed by atoms with Crippen LogP contribution in [-0.4, -0.2) is 29.5 Å². The van der Waals surface area contributed by atoms with Crippen LogP contribution in [0.5, 0.6) is 5.88 Å². The van der Waals surface area contributed by atoms with E-state index < -0.39 is 12.3 Å². The molecule has 0 saturated heterocycles. The van der Waals surface area contributed by atoms with Crippen molar-refractivity contribution in [3.05, 3.63) is 30.4 Å². The fourth-order valence-electron chi connectivity index (χ4n) is 1.87. The number of hydrogen-bond donors (Lipinski definition) is 1. The van der Waals surface area contributed by atoms with Gasteiger partial charge in [0.05, 0.1) is 29.8 Å². The molecule has 19 heavy (non-hydrogen) atoms. The number of aryl methyl sites for hydroxylation is 1. The number of halogens is 2. The van der Waals surface area contributed by atoms with E-state index in [4.69, 9.17) is 0 Å². The average molecular weight is 265 g/mol. The molecule has 0 spiro atoms. The molecule has 3 aromatic heterocycles. The molecule has 8 heteroatoms. The number of aromatic hydroxyl groups is 1. The zero-order valence-corrected chi connectivity index (χ0v) is 9.83. The maximum Gasteiger partial charge on any atom is 0.267 e. The lowest BCUT2D eigenvalue weighted by Crippen LogP contribution is -1.94. The van der Waals surface area contributed by atoms with E-state index in [1.807, 2.05) is 0 Å². The van der Waals surface area contributed by atoms with E-state index in [2.05, 4.69) is 15.2 Å². The minimum absolute atomic E-state index is 0.0809. The second kappa shape index (κ2) is 4.01. The van der Waals surface area contributed by atoms with E-state index in [-0.39, 0.29) is 11.1 Å². The smallest absolute Gasteiger partial charge is 0.267 e. The molecule has 0 aromatic carbocycles. The second-order valence-electron chi connectivity index (χ2n) is 4.05. The van der Waals surface area contributed by atoms with Gasteiger partial charge in [-0.2, -0.15) is 10.2 Å². The van der Waals surface area contributed by atoms with Gasteiger partial charge < -0.3 is 5.11 Å². The Kier molecular flexibility index (Phi) is 2.44. The average Bonchev–Trinajstić information content (AvgIpc) is 2.94. The van der Waals surface area contributed by atoms with Gasteiger partial charge in [0.2, 0.25) is 5.88 Å². The Morgan fingerprint density at radius 1 is 1.21 bits per heavy atom. The maximum atomic E-state index is 12.7. The van der Waals surface area contributed by atoms with Gasteiger partial charge >= 0.3 is 0 Å². The predicted molar refractivity (Wildman–Crippen MR) is 61.8 cm³/mol. The van der Waals surface area contributed by atoms with Gasteiger partial charge in [-0.3, -0.25) is 4.68 Å². The molecular weight excluding hydrogens is 256 g/mol. The Labute approximate surface area is 105 Å². The molecule has 0 aliphatic heterocycles. The van der Waals surface area contributed by atoms with Gasteiger partial charge in [0.25, 0.3) is 6.43 Å². The molecule has 0 fully saturated rings. The van der Waals surface area contributed by atoms with Crippen LogP contribution in [0.1, 0.15) is 12.0 Å². The minimum atomic E-state index is -2.71. The lowest BCUT2D eigenvalue weighted by atomic mass is 10.2. The van der Waals surface area contributed by atoms with Crippen LogP contribution >= 0.6 is 0 Å². The van der Waals surface area contributed by atoms with Crippen LogP contribution in [0.2, 0.25) is 0 Å². The highest BCUT2D eigenvalue weighted by molar-refractivity contribution is 5.66. The third-order valence-electron chi connectivity index (χ3n) is 2.74. The van der Waals surface area contributed by atoms with Crippen LogP contribution in [0.3, 0.4) is 0 Å². The fraction of sp³-hybridized carbons (Fsp3) is 0.182.